The molecule has 0 spiro atoms. The zero-order chi connectivity index (χ0) is 18.6. The molecule has 1 aromatic heterocycles. The number of nitrogens with one attached hydrogen (secondary N) is 2. The van der Waals surface area contributed by atoms with Gasteiger partial charge in [0.15, 0.2) is 0 Å². The molecule has 0 atom stereocenters. The second-order valence-electron chi connectivity index (χ2n) is 6.33. The lowest BCUT2D eigenvalue weighted by Crippen LogP contribution is -2.23. The molecule has 0 unspecified atom stereocenters. The van der Waals surface area contributed by atoms with Gasteiger partial charge in [0.25, 0.3) is 0 Å². The number of sulfonamides is 1. The zero-order valence-electron chi connectivity index (χ0n) is 14.7. The number of aliphatic hydroxyl groups is 1. The van der Waals surface area contributed by atoms with Gasteiger partial charge in [-0.1, -0.05) is 19.3 Å². The predicted molar refractivity (Wildman–Crippen MR) is 97.1 cm³/mol. The van der Waals surface area contributed by atoms with Crippen LogP contribution in [0.1, 0.15) is 32.1 Å². The van der Waals surface area contributed by atoms with Crippen LogP contribution in [0.15, 0.2) is 23.1 Å². The van der Waals surface area contributed by atoms with Crippen molar-refractivity contribution >= 4 is 15.7 Å². The smallest absolute Gasteiger partial charge is 0.240 e. The summed E-state index contributed by atoms with van der Waals surface area (Å²) in [6, 6.07) is 5.22. The minimum atomic E-state index is -3.58. The van der Waals surface area contributed by atoms with Crippen LogP contribution in [0.25, 0.3) is 11.4 Å². The van der Waals surface area contributed by atoms with Gasteiger partial charge in [-0.15, -0.1) is 10.2 Å². The van der Waals surface area contributed by atoms with Gasteiger partial charge in [0.1, 0.15) is 0 Å². The van der Waals surface area contributed by atoms with Crippen LogP contribution in [0.4, 0.5) is 5.69 Å². The fraction of sp³-hybridized carbons (Fsp3) is 0.562. The molecule has 26 heavy (non-hydrogen) atoms. The molecule has 0 saturated heterocycles. The lowest BCUT2D eigenvalue weighted by molar-refractivity contribution is 0.259. The first-order valence-electron chi connectivity index (χ1n) is 8.76. The summed E-state index contributed by atoms with van der Waals surface area (Å²) in [6.45, 7) is 0.129. The highest BCUT2D eigenvalue weighted by Gasteiger charge is 2.20. The molecule has 2 aromatic rings. The summed E-state index contributed by atoms with van der Waals surface area (Å²) >= 11 is 0. The van der Waals surface area contributed by atoms with Crippen LogP contribution in [0, 0.1) is 0 Å². The molecule has 1 heterocycles. The molecule has 1 fully saturated rings. The minimum absolute atomic E-state index is 0.100. The van der Waals surface area contributed by atoms with Crippen molar-refractivity contribution < 1.29 is 13.5 Å². The highest BCUT2D eigenvalue weighted by Crippen LogP contribution is 2.30. The van der Waals surface area contributed by atoms with E-state index in [9.17, 15) is 8.42 Å². The number of nitrogens with zero attached hydrogens (tertiary/aromatic N) is 4. The molecule has 3 N–H and O–H groups in total. The van der Waals surface area contributed by atoms with Crippen molar-refractivity contribution in [2.45, 2.75) is 49.6 Å². The molecule has 1 aliphatic rings. The molecular weight excluding hydrogens is 356 g/mol. The van der Waals surface area contributed by atoms with Gasteiger partial charge in [0, 0.05) is 17.3 Å². The predicted octanol–water partition coefficient (Wildman–Crippen LogP) is 0.985. The Labute approximate surface area is 152 Å². The van der Waals surface area contributed by atoms with E-state index in [1.54, 1.807) is 18.2 Å². The van der Waals surface area contributed by atoms with Crippen molar-refractivity contribution in [2.75, 3.05) is 19.0 Å². The van der Waals surface area contributed by atoms with Gasteiger partial charge >= 0.3 is 0 Å². The van der Waals surface area contributed by atoms with E-state index in [0.29, 0.717) is 17.4 Å². The summed E-state index contributed by atoms with van der Waals surface area (Å²) in [5.74, 6) is 0.324. The molecule has 3 rings (SSSR count). The van der Waals surface area contributed by atoms with Gasteiger partial charge in [-0.25, -0.2) is 13.1 Å². The van der Waals surface area contributed by atoms with Crippen LogP contribution in [-0.2, 0) is 16.6 Å². The van der Waals surface area contributed by atoms with Crippen LogP contribution < -0.4 is 10.0 Å². The standard InChI is InChI=1S/C16H24N6O3S/c1-17-26(24,25)13-7-8-15(18-12-5-3-2-4-6-12)14(11-13)16-19-21-22(20-16)9-10-23/h7-8,11-12,17-18,23H,2-6,9-10H2,1H3. The van der Waals surface area contributed by atoms with Gasteiger partial charge < -0.3 is 10.4 Å². The monoisotopic (exact) mass is 380 g/mol. The van der Waals surface area contributed by atoms with Crippen LogP contribution >= 0.6 is 0 Å². The van der Waals surface area contributed by atoms with Gasteiger partial charge in [0.2, 0.25) is 15.8 Å². The van der Waals surface area contributed by atoms with E-state index in [1.165, 1.54) is 31.1 Å². The average molecular weight is 380 g/mol. The highest BCUT2D eigenvalue weighted by molar-refractivity contribution is 7.89. The van der Waals surface area contributed by atoms with Crippen LogP contribution in [-0.4, -0.2) is 53.4 Å². The van der Waals surface area contributed by atoms with Crippen LogP contribution in [0.3, 0.4) is 0 Å². The van der Waals surface area contributed by atoms with Gasteiger partial charge in [-0.05, 0) is 43.3 Å². The maximum absolute atomic E-state index is 12.2. The van der Waals surface area contributed by atoms with E-state index >= 15 is 0 Å². The third-order valence-electron chi connectivity index (χ3n) is 4.53. The lowest BCUT2D eigenvalue weighted by atomic mass is 9.95. The molecule has 1 aromatic carbocycles. The SMILES string of the molecule is CNS(=O)(=O)c1ccc(NC2CCCCC2)c(-c2nnn(CCO)n2)c1. The molecule has 1 saturated carbocycles. The molecule has 9 nitrogen and oxygen atoms in total. The van der Waals surface area contributed by atoms with Crippen molar-refractivity contribution in [3.8, 4) is 11.4 Å². The maximum atomic E-state index is 12.2. The number of hydrogen-bond acceptors (Lipinski definition) is 7. The Morgan fingerprint density at radius 1 is 1.27 bits per heavy atom. The largest absolute Gasteiger partial charge is 0.394 e. The van der Waals surface area contributed by atoms with E-state index in [4.69, 9.17) is 5.11 Å². The van der Waals surface area contributed by atoms with Gasteiger partial charge in [-0.3, -0.25) is 0 Å². The Morgan fingerprint density at radius 2 is 2.04 bits per heavy atom. The van der Waals surface area contributed by atoms with Crippen molar-refractivity contribution in [1.29, 1.82) is 0 Å². The number of rotatable bonds is 7. The van der Waals surface area contributed by atoms with E-state index in [0.717, 1.165) is 18.5 Å². The Balaban J connectivity index is 1.98. The molecule has 0 radical (unpaired) electrons. The topological polar surface area (TPSA) is 122 Å². The molecule has 10 heteroatoms. The van der Waals surface area contributed by atoms with E-state index in [1.807, 2.05) is 0 Å². The lowest BCUT2D eigenvalue weighted by Gasteiger charge is -2.25. The van der Waals surface area contributed by atoms with Crippen LogP contribution in [0.5, 0.6) is 0 Å². The summed E-state index contributed by atoms with van der Waals surface area (Å²) in [5.41, 5.74) is 1.37. The van der Waals surface area contributed by atoms with E-state index in [-0.39, 0.29) is 18.0 Å². The Hall–Kier alpha value is -2.04. The third-order valence-corrected chi connectivity index (χ3v) is 5.94. The van der Waals surface area contributed by atoms with Crippen molar-refractivity contribution in [3.63, 3.8) is 0 Å². The molecule has 0 amide bonds. The average Bonchev–Trinajstić information content (AvgIpc) is 3.11. The second kappa shape index (κ2) is 8.11. The Kier molecular flexibility index (Phi) is 5.84. The Bertz CT molecular complexity index is 845. The first-order chi connectivity index (χ1) is 12.5. The number of anilines is 1. The zero-order valence-corrected chi connectivity index (χ0v) is 15.5. The number of aromatic nitrogens is 4. The number of aliphatic hydroxyl groups excluding tert-OH is 1. The molecule has 1 aliphatic carbocycles. The minimum Gasteiger partial charge on any atom is -0.394 e. The summed E-state index contributed by atoms with van der Waals surface area (Å²) in [7, 11) is -2.21. The van der Waals surface area contributed by atoms with Crippen LogP contribution in [0.2, 0.25) is 0 Å². The molecule has 0 aliphatic heterocycles. The highest BCUT2D eigenvalue weighted by atomic mass is 32.2. The summed E-state index contributed by atoms with van der Waals surface area (Å²) in [4.78, 5) is 1.43. The molecular formula is C16H24N6O3S. The quantitative estimate of drug-likeness (QED) is 0.654. The molecule has 0 bridgehead atoms. The molecule has 142 valence electrons. The van der Waals surface area contributed by atoms with Gasteiger partial charge in [0.05, 0.1) is 18.0 Å². The summed E-state index contributed by atoms with van der Waals surface area (Å²) < 4.78 is 26.7. The van der Waals surface area contributed by atoms with Crippen molar-refractivity contribution in [3.05, 3.63) is 18.2 Å². The normalized spacial score (nSPS) is 15.9. The summed E-state index contributed by atoms with van der Waals surface area (Å²) in [6.07, 6.45) is 5.79. The van der Waals surface area contributed by atoms with Gasteiger partial charge in [-0.2, -0.15) is 4.80 Å². The fourth-order valence-electron chi connectivity index (χ4n) is 3.12. The van der Waals surface area contributed by atoms with E-state index < -0.39 is 10.0 Å². The number of hydrogen-bond donors (Lipinski definition) is 3. The third kappa shape index (κ3) is 4.19. The summed E-state index contributed by atoms with van der Waals surface area (Å²) in [5, 5.41) is 24.7. The van der Waals surface area contributed by atoms with E-state index in [2.05, 4.69) is 25.4 Å². The first kappa shape index (κ1) is 18.7. The second-order valence-corrected chi connectivity index (χ2v) is 8.21. The maximum Gasteiger partial charge on any atom is 0.240 e. The number of benzene rings is 1. The fourth-order valence-corrected chi connectivity index (χ4v) is 3.88. The number of tetrazole rings is 1. The van der Waals surface area contributed by atoms with Crippen molar-refractivity contribution in [1.82, 2.24) is 24.9 Å². The Morgan fingerprint density at radius 3 is 2.73 bits per heavy atom. The van der Waals surface area contributed by atoms with Crippen molar-refractivity contribution in [2.24, 2.45) is 0 Å². The first-order valence-corrected chi connectivity index (χ1v) is 10.2.